The van der Waals surface area contributed by atoms with E-state index in [0.717, 1.165) is 22.8 Å². The van der Waals surface area contributed by atoms with Crippen molar-refractivity contribution >= 4 is 49.5 Å². The first-order valence-corrected chi connectivity index (χ1v) is 12.5. The van der Waals surface area contributed by atoms with Gasteiger partial charge >= 0.3 is 12.1 Å². The first-order valence-electron chi connectivity index (χ1n) is 11.1. The molecule has 0 saturated carbocycles. The number of azo groups is 1. The second-order valence-corrected chi connectivity index (χ2v) is 9.90. The number of amides is 1. The molecular formula is C26H21F3N4O4S. The van der Waals surface area contributed by atoms with Gasteiger partial charge in [-0.2, -0.15) is 26.7 Å². The Morgan fingerprint density at radius 1 is 0.868 bits per heavy atom. The van der Waals surface area contributed by atoms with Crippen LogP contribution in [0.25, 0.3) is 21.9 Å². The summed E-state index contributed by atoms with van der Waals surface area (Å²) < 4.78 is 73.0. The summed E-state index contributed by atoms with van der Waals surface area (Å²) in [6.45, 7) is 3.63. The Balaban J connectivity index is 1.83. The van der Waals surface area contributed by atoms with Gasteiger partial charge in [-0.15, -0.1) is 5.11 Å². The van der Waals surface area contributed by atoms with Crippen molar-refractivity contribution in [1.29, 1.82) is 0 Å². The number of carbonyl (C=O) groups is 1. The largest absolute Gasteiger partial charge is 0.471 e. The van der Waals surface area contributed by atoms with Gasteiger partial charge in [0.1, 0.15) is 10.6 Å². The lowest BCUT2D eigenvalue weighted by atomic mass is 10.0. The third-order valence-corrected chi connectivity index (χ3v) is 6.72. The van der Waals surface area contributed by atoms with Crippen LogP contribution >= 0.6 is 0 Å². The number of anilines is 2. The molecule has 4 rings (SSSR count). The number of alkyl halides is 3. The molecule has 4 N–H and O–H groups in total. The molecule has 0 radical (unpaired) electrons. The molecule has 196 valence electrons. The number of nitrogens with one attached hydrogen (secondary N) is 1. The predicted octanol–water partition coefficient (Wildman–Crippen LogP) is 6.87. The molecule has 0 aromatic heterocycles. The zero-order valence-electron chi connectivity index (χ0n) is 20.0. The average Bonchev–Trinajstić information content (AvgIpc) is 2.84. The molecule has 12 heteroatoms. The first-order chi connectivity index (χ1) is 17.8. The minimum absolute atomic E-state index is 0.0834. The molecule has 0 saturated heterocycles. The van der Waals surface area contributed by atoms with Crippen LogP contribution < -0.4 is 11.1 Å². The number of benzene rings is 4. The van der Waals surface area contributed by atoms with Crippen molar-refractivity contribution in [2.24, 2.45) is 10.2 Å². The average molecular weight is 543 g/mol. The zero-order chi connectivity index (χ0) is 27.8. The second kappa shape index (κ2) is 9.88. The maximum Gasteiger partial charge on any atom is 0.471 e. The highest BCUT2D eigenvalue weighted by molar-refractivity contribution is 7.86. The van der Waals surface area contributed by atoms with E-state index in [1.54, 1.807) is 30.4 Å². The Kier molecular flexibility index (Phi) is 6.96. The lowest BCUT2D eigenvalue weighted by Gasteiger charge is -2.15. The maximum absolute atomic E-state index is 13.1. The summed E-state index contributed by atoms with van der Waals surface area (Å²) in [5.41, 5.74) is 9.42. The van der Waals surface area contributed by atoms with Crippen LogP contribution in [0.5, 0.6) is 0 Å². The highest BCUT2D eigenvalue weighted by Crippen LogP contribution is 2.40. The maximum atomic E-state index is 13.1. The van der Waals surface area contributed by atoms with E-state index in [4.69, 9.17) is 5.73 Å². The fraction of sp³-hybridized carbons (Fsp3) is 0.115. The number of rotatable bonds is 5. The van der Waals surface area contributed by atoms with E-state index in [9.17, 15) is 30.9 Å². The molecule has 4 aromatic carbocycles. The van der Waals surface area contributed by atoms with Crippen LogP contribution in [0.15, 0.2) is 81.9 Å². The standard InChI is InChI=1S/C26H21F3N4O4S/c1-14-11-16(7-9-20(14)30)17-8-10-21(15(2)12-17)32-33-22-13-23(38(35,36)37)18-5-3-4-6-19(18)24(22)31-25(34)26(27,28)29/h3-13H,30H2,1-2H3,(H,31,34)(H,35,36,37). The van der Waals surface area contributed by atoms with E-state index in [1.165, 1.54) is 24.3 Å². The normalized spacial score (nSPS) is 12.3. The molecular weight excluding hydrogens is 521 g/mol. The number of nitrogens with zero attached hydrogens (tertiary/aromatic N) is 2. The van der Waals surface area contributed by atoms with E-state index in [-0.39, 0.29) is 10.8 Å². The van der Waals surface area contributed by atoms with Crippen LogP contribution in [-0.2, 0) is 14.9 Å². The van der Waals surface area contributed by atoms with E-state index in [2.05, 4.69) is 10.2 Å². The van der Waals surface area contributed by atoms with Gasteiger partial charge in [0.25, 0.3) is 10.1 Å². The summed E-state index contributed by atoms with van der Waals surface area (Å²) in [4.78, 5) is 11.2. The fourth-order valence-electron chi connectivity index (χ4n) is 3.85. The monoisotopic (exact) mass is 542 g/mol. The number of hydrogen-bond acceptors (Lipinski definition) is 6. The smallest absolute Gasteiger partial charge is 0.399 e. The number of hydrogen-bond donors (Lipinski definition) is 3. The summed E-state index contributed by atoms with van der Waals surface area (Å²) in [6, 6.07) is 17.1. The van der Waals surface area contributed by atoms with Gasteiger partial charge in [0, 0.05) is 16.5 Å². The Morgan fingerprint density at radius 3 is 2.03 bits per heavy atom. The summed E-state index contributed by atoms with van der Waals surface area (Å²) in [6.07, 6.45) is -5.22. The number of nitrogens with two attached hydrogens (primary N) is 1. The van der Waals surface area contributed by atoms with Crippen molar-refractivity contribution in [3.05, 3.63) is 77.9 Å². The molecule has 0 bridgehead atoms. The van der Waals surface area contributed by atoms with Gasteiger partial charge in [-0.05, 0) is 66.4 Å². The lowest BCUT2D eigenvalue weighted by Crippen LogP contribution is -2.30. The molecule has 0 aliphatic carbocycles. The van der Waals surface area contributed by atoms with Crippen LogP contribution in [0, 0.1) is 13.8 Å². The van der Waals surface area contributed by atoms with Gasteiger partial charge in [-0.1, -0.05) is 36.4 Å². The number of aryl methyl sites for hydroxylation is 2. The minimum Gasteiger partial charge on any atom is -0.399 e. The Morgan fingerprint density at radius 2 is 1.45 bits per heavy atom. The molecule has 0 unspecified atom stereocenters. The van der Waals surface area contributed by atoms with Crippen molar-refractivity contribution in [1.82, 2.24) is 0 Å². The predicted molar refractivity (Wildman–Crippen MR) is 138 cm³/mol. The molecule has 0 heterocycles. The molecule has 4 aromatic rings. The second-order valence-electron chi connectivity index (χ2n) is 8.51. The number of nitrogen functional groups attached to an aromatic ring is 1. The lowest BCUT2D eigenvalue weighted by molar-refractivity contribution is -0.167. The van der Waals surface area contributed by atoms with Gasteiger partial charge in [-0.25, -0.2) is 0 Å². The van der Waals surface area contributed by atoms with Crippen molar-refractivity contribution in [2.45, 2.75) is 24.9 Å². The Labute approximate surface area is 215 Å². The van der Waals surface area contributed by atoms with Gasteiger partial charge < -0.3 is 11.1 Å². The highest BCUT2D eigenvalue weighted by Gasteiger charge is 2.39. The van der Waals surface area contributed by atoms with E-state index < -0.39 is 38.5 Å². The van der Waals surface area contributed by atoms with Crippen molar-refractivity contribution in [3.8, 4) is 11.1 Å². The third kappa shape index (κ3) is 5.50. The van der Waals surface area contributed by atoms with Gasteiger partial charge in [0.2, 0.25) is 0 Å². The highest BCUT2D eigenvalue weighted by atomic mass is 32.2. The minimum atomic E-state index is -5.22. The SMILES string of the molecule is Cc1cc(-c2ccc(N=Nc3cc(S(=O)(=O)O)c4ccccc4c3NC(=O)C(F)(F)F)c(C)c2)ccc1N. The van der Waals surface area contributed by atoms with E-state index >= 15 is 0 Å². The first kappa shape index (κ1) is 26.8. The quantitative estimate of drug-likeness (QED) is 0.144. The number of fused-ring (bicyclic) bond motifs is 1. The molecule has 0 atom stereocenters. The fourth-order valence-corrected chi connectivity index (χ4v) is 4.56. The molecule has 38 heavy (non-hydrogen) atoms. The van der Waals surface area contributed by atoms with Gasteiger partial charge in [0.15, 0.2) is 0 Å². The Bertz CT molecular complexity index is 1720. The van der Waals surface area contributed by atoms with Crippen LogP contribution in [0.2, 0.25) is 0 Å². The topological polar surface area (TPSA) is 134 Å². The summed E-state index contributed by atoms with van der Waals surface area (Å²) in [5, 5.41) is 9.64. The van der Waals surface area contributed by atoms with Gasteiger partial charge in [0.05, 0.1) is 11.4 Å². The van der Waals surface area contributed by atoms with E-state index in [1.807, 2.05) is 25.1 Å². The zero-order valence-corrected chi connectivity index (χ0v) is 20.9. The van der Waals surface area contributed by atoms with Crippen molar-refractivity contribution < 1.29 is 30.9 Å². The summed E-state index contributed by atoms with van der Waals surface area (Å²) in [5.74, 6) is -2.28. The van der Waals surface area contributed by atoms with Crippen LogP contribution in [0.4, 0.5) is 35.9 Å². The van der Waals surface area contributed by atoms with Crippen molar-refractivity contribution in [3.63, 3.8) is 0 Å². The molecule has 1 amide bonds. The molecule has 0 fully saturated rings. The molecule has 0 aliphatic heterocycles. The summed E-state index contributed by atoms with van der Waals surface area (Å²) >= 11 is 0. The number of halogens is 3. The number of carbonyl (C=O) groups excluding carboxylic acids is 1. The van der Waals surface area contributed by atoms with Crippen LogP contribution in [0.1, 0.15) is 11.1 Å². The summed E-state index contributed by atoms with van der Waals surface area (Å²) in [7, 11) is -4.81. The molecule has 8 nitrogen and oxygen atoms in total. The van der Waals surface area contributed by atoms with Crippen LogP contribution in [-0.4, -0.2) is 25.1 Å². The van der Waals surface area contributed by atoms with E-state index in [0.29, 0.717) is 16.9 Å². The van der Waals surface area contributed by atoms with Gasteiger partial charge in [-0.3, -0.25) is 9.35 Å². The molecule has 0 aliphatic rings. The van der Waals surface area contributed by atoms with Crippen molar-refractivity contribution in [2.75, 3.05) is 11.1 Å². The third-order valence-electron chi connectivity index (χ3n) is 5.83. The molecule has 0 spiro atoms. The van der Waals surface area contributed by atoms with Crippen LogP contribution in [0.3, 0.4) is 0 Å². The Hall–Kier alpha value is -4.29.